The normalized spacial score (nSPS) is 13.1. The van der Waals surface area contributed by atoms with Crippen molar-refractivity contribution in [2.75, 3.05) is 7.05 Å². The second-order valence-corrected chi connectivity index (χ2v) is 4.47. The van der Waals surface area contributed by atoms with Crippen molar-refractivity contribution in [1.82, 2.24) is 5.32 Å². The number of amides is 2. The second-order valence-electron chi connectivity index (χ2n) is 2.84. The predicted octanol–water partition coefficient (Wildman–Crippen LogP) is 0.673. The summed E-state index contributed by atoms with van der Waals surface area (Å²) in [6.45, 7) is 3.53. The molecular weight excluding hydrogens is 218 g/mol. The van der Waals surface area contributed by atoms with Crippen LogP contribution in [-0.2, 0) is 9.63 Å². The fourth-order valence-corrected chi connectivity index (χ4v) is 1.70. The van der Waals surface area contributed by atoms with Crippen LogP contribution < -0.4 is 11.1 Å². The number of carbonyl (C=O) groups excluding carboxylic acids is 2. The molecule has 86 valence electrons. The highest BCUT2D eigenvalue weighted by Gasteiger charge is 2.08. The smallest absolute Gasteiger partial charge is 0.370 e. The molecule has 0 spiro atoms. The zero-order valence-electron chi connectivity index (χ0n) is 8.94. The molecule has 6 nitrogen and oxygen atoms in total. The lowest BCUT2D eigenvalue weighted by Gasteiger charge is -2.07. The molecule has 0 radical (unpaired) electrons. The van der Waals surface area contributed by atoms with Gasteiger partial charge in [0, 0.05) is 18.7 Å². The van der Waals surface area contributed by atoms with Gasteiger partial charge in [-0.25, -0.2) is 4.79 Å². The Balaban J connectivity index is 3.95. The summed E-state index contributed by atoms with van der Waals surface area (Å²) in [5, 5.41) is 6.39. The third kappa shape index (κ3) is 7.80. The fourth-order valence-electron chi connectivity index (χ4n) is 0.789. The summed E-state index contributed by atoms with van der Waals surface area (Å²) >= 11 is 1.32. The van der Waals surface area contributed by atoms with Crippen LogP contribution in [0.4, 0.5) is 4.79 Å². The standard InChI is InChI=1S/C8H15N3O3S/c1-5(4-7(9)12)15-6(2)11-14-8(13)10-3/h5H,4H2,1-3H3,(H2,9,12)(H,10,13). The van der Waals surface area contributed by atoms with E-state index in [1.165, 1.54) is 18.8 Å². The van der Waals surface area contributed by atoms with Crippen molar-refractivity contribution in [3.05, 3.63) is 0 Å². The topological polar surface area (TPSA) is 93.8 Å². The van der Waals surface area contributed by atoms with E-state index in [0.29, 0.717) is 5.04 Å². The number of nitrogens with zero attached hydrogens (tertiary/aromatic N) is 1. The van der Waals surface area contributed by atoms with Crippen LogP contribution in [0.2, 0.25) is 0 Å². The van der Waals surface area contributed by atoms with E-state index in [0.717, 1.165) is 0 Å². The first-order valence-electron chi connectivity index (χ1n) is 4.34. The molecule has 0 saturated heterocycles. The van der Waals surface area contributed by atoms with Crippen LogP contribution in [-0.4, -0.2) is 29.3 Å². The highest BCUT2D eigenvalue weighted by atomic mass is 32.2. The Labute approximate surface area is 92.6 Å². The summed E-state index contributed by atoms with van der Waals surface area (Å²) < 4.78 is 0. The Morgan fingerprint density at radius 2 is 2.20 bits per heavy atom. The van der Waals surface area contributed by atoms with Gasteiger partial charge in [0.15, 0.2) is 0 Å². The maximum Gasteiger partial charge on any atom is 0.433 e. The third-order valence-corrected chi connectivity index (χ3v) is 2.31. The molecule has 0 aliphatic carbocycles. The number of carbonyl (C=O) groups is 2. The van der Waals surface area contributed by atoms with E-state index in [-0.39, 0.29) is 17.6 Å². The summed E-state index contributed by atoms with van der Waals surface area (Å²) in [7, 11) is 1.44. The van der Waals surface area contributed by atoms with E-state index < -0.39 is 6.09 Å². The minimum atomic E-state index is -0.627. The first-order valence-corrected chi connectivity index (χ1v) is 5.22. The van der Waals surface area contributed by atoms with Gasteiger partial charge in [0.2, 0.25) is 5.91 Å². The molecule has 0 bridgehead atoms. The number of primary amides is 1. The second kappa shape index (κ2) is 7.10. The lowest BCUT2D eigenvalue weighted by molar-refractivity contribution is -0.117. The first kappa shape index (κ1) is 13.8. The van der Waals surface area contributed by atoms with Crippen molar-refractivity contribution in [1.29, 1.82) is 0 Å². The Morgan fingerprint density at radius 1 is 1.60 bits per heavy atom. The molecule has 0 fully saturated rings. The number of rotatable bonds is 4. The molecule has 15 heavy (non-hydrogen) atoms. The summed E-state index contributed by atoms with van der Waals surface area (Å²) in [6, 6.07) is 0. The molecule has 0 aliphatic heterocycles. The Morgan fingerprint density at radius 3 is 2.67 bits per heavy atom. The van der Waals surface area contributed by atoms with Crippen molar-refractivity contribution < 1.29 is 14.4 Å². The van der Waals surface area contributed by atoms with E-state index in [1.807, 2.05) is 6.92 Å². The maximum absolute atomic E-state index is 10.7. The molecule has 0 rings (SSSR count). The van der Waals surface area contributed by atoms with Crippen molar-refractivity contribution in [2.24, 2.45) is 10.9 Å². The first-order chi connectivity index (χ1) is 6.95. The van der Waals surface area contributed by atoms with Crippen molar-refractivity contribution in [3.63, 3.8) is 0 Å². The monoisotopic (exact) mass is 233 g/mol. The van der Waals surface area contributed by atoms with E-state index >= 15 is 0 Å². The average molecular weight is 233 g/mol. The van der Waals surface area contributed by atoms with Gasteiger partial charge in [-0.05, 0) is 6.92 Å². The Hall–Kier alpha value is -1.24. The van der Waals surface area contributed by atoms with Gasteiger partial charge in [-0.15, -0.1) is 11.8 Å². The zero-order valence-corrected chi connectivity index (χ0v) is 9.76. The minimum Gasteiger partial charge on any atom is -0.370 e. The molecule has 2 amide bonds. The SMILES string of the molecule is CNC(=O)ON=C(C)SC(C)CC(N)=O. The Kier molecular flexibility index (Phi) is 6.52. The van der Waals surface area contributed by atoms with Gasteiger partial charge in [-0.1, -0.05) is 12.1 Å². The fraction of sp³-hybridized carbons (Fsp3) is 0.625. The predicted molar refractivity (Wildman–Crippen MR) is 59.5 cm³/mol. The van der Waals surface area contributed by atoms with Crippen molar-refractivity contribution in [3.8, 4) is 0 Å². The van der Waals surface area contributed by atoms with E-state index in [2.05, 4.69) is 15.3 Å². The molecule has 0 heterocycles. The van der Waals surface area contributed by atoms with Gasteiger partial charge in [0.25, 0.3) is 0 Å². The highest BCUT2D eigenvalue weighted by Crippen LogP contribution is 2.15. The summed E-state index contributed by atoms with van der Waals surface area (Å²) in [6.07, 6.45) is -0.366. The number of hydrogen-bond donors (Lipinski definition) is 2. The van der Waals surface area contributed by atoms with Crippen LogP contribution in [0.5, 0.6) is 0 Å². The van der Waals surface area contributed by atoms with Crippen molar-refractivity contribution in [2.45, 2.75) is 25.5 Å². The molecule has 3 N–H and O–H groups in total. The number of hydrogen-bond acceptors (Lipinski definition) is 5. The van der Waals surface area contributed by atoms with E-state index in [9.17, 15) is 9.59 Å². The Bertz CT molecular complexity index is 268. The van der Waals surface area contributed by atoms with Crippen LogP contribution in [0.25, 0.3) is 0 Å². The molecule has 1 unspecified atom stereocenters. The van der Waals surface area contributed by atoms with E-state index in [1.54, 1.807) is 6.92 Å². The van der Waals surface area contributed by atoms with Crippen LogP contribution in [0.3, 0.4) is 0 Å². The highest BCUT2D eigenvalue weighted by molar-refractivity contribution is 8.14. The molecule has 0 aromatic heterocycles. The van der Waals surface area contributed by atoms with Gasteiger partial charge in [0.05, 0.1) is 0 Å². The van der Waals surface area contributed by atoms with Crippen molar-refractivity contribution >= 4 is 28.8 Å². The number of oxime groups is 1. The lowest BCUT2D eigenvalue weighted by Crippen LogP contribution is -2.18. The average Bonchev–Trinajstić information content (AvgIpc) is 2.12. The van der Waals surface area contributed by atoms with Crippen LogP contribution in [0.1, 0.15) is 20.3 Å². The zero-order chi connectivity index (χ0) is 11.8. The van der Waals surface area contributed by atoms with Gasteiger partial charge in [-0.3, -0.25) is 9.63 Å². The molecular formula is C8H15N3O3S. The minimum absolute atomic E-state index is 0.0135. The maximum atomic E-state index is 10.7. The quantitative estimate of drug-likeness (QED) is 0.323. The van der Waals surface area contributed by atoms with Crippen LogP contribution in [0, 0.1) is 0 Å². The number of nitrogens with one attached hydrogen (secondary N) is 1. The largest absolute Gasteiger partial charge is 0.433 e. The number of thioether (sulfide) groups is 1. The van der Waals surface area contributed by atoms with Gasteiger partial charge >= 0.3 is 6.09 Å². The van der Waals surface area contributed by atoms with Crippen LogP contribution >= 0.6 is 11.8 Å². The molecule has 0 aromatic carbocycles. The third-order valence-electron chi connectivity index (χ3n) is 1.32. The summed E-state index contributed by atoms with van der Waals surface area (Å²) in [5.74, 6) is -0.366. The van der Waals surface area contributed by atoms with Gasteiger partial charge in [0.1, 0.15) is 5.04 Å². The van der Waals surface area contributed by atoms with Gasteiger partial charge in [-0.2, -0.15) is 0 Å². The van der Waals surface area contributed by atoms with Gasteiger partial charge < -0.3 is 11.1 Å². The van der Waals surface area contributed by atoms with Crippen LogP contribution in [0.15, 0.2) is 5.16 Å². The summed E-state index contributed by atoms with van der Waals surface area (Å²) in [5.41, 5.74) is 5.03. The molecule has 7 heteroatoms. The lowest BCUT2D eigenvalue weighted by atomic mass is 10.3. The molecule has 0 aromatic rings. The molecule has 0 saturated carbocycles. The summed E-state index contributed by atoms with van der Waals surface area (Å²) in [4.78, 5) is 25.7. The van der Waals surface area contributed by atoms with E-state index in [4.69, 9.17) is 5.73 Å². The number of nitrogens with two attached hydrogens (primary N) is 1. The molecule has 1 atom stereocenters. The molecule has 0 aliphatic rings.